The number of nitrogens with one attached hydrogen (secondary N) is 1. The van der Waals surface area contributed by atoms with Crippen LogP contribution in [0.15, 0.2) is 6.07 Å². The van der Waals surface area contributed by atoms with Gasteiger partial charge in [0, 0.05) is 18.8 Å². The van der Waals surface area contributed by atoms with Crippen LogP contribution in [0.1, 0.15) is 42.6 Å². The molecule has 0 aliphatic rings. The molecule has 1 heterocycles. The van der Waals surface area contributed by atoms with Gasteiger partial charge in [0.15, 0.2) is 0 Å². The van der Waals surface area contributed by atoms with Crippen LogP contribution in [0.5, 0.6) is 0 Å². The average Bonchev–Trinajstić information content (AvgIpc) is 2.33. The molecule has 0 atom stereocenters. The number of aliphatic hydroxyl groups excluding tert-OH is 1. The van der Waals surface area contributed by atoms with Gasteiger partial charge in [0.25, 0.3) is 0 Å². The molecule has 0 bridgehead atoms. The summed E-state index contributed by atoms with van der Waals surface area (Å²) in [6, 6.07) is 4.11. The number of aromatic nitrogens is 1. The number of nitrogens with zero attached hydrogens (tertiary/aromatic N) is 2. The van der Waals surface area contributed by atoms with Gasteiger partial charge in [0.2, 0.25) is 0 Å². The van der Waals surface area contributed by atoms with Crippen LogP contribution in [0.4, 0.5) is 5.69 Å². The van der Waals surface area contributed by atoms with Crippen LogP contribution in [-0.4, -0.2) is 23.2 Å². The smallest absolute Gasteiger partial charge is 0.103 e. The molecule has 0 unspecified atom stereocenters. The third-order valence-corrected chi connectivity index (χ3v) is 2.84. The third-order valence-electron chi connectivity index (χ3n) is 2.84. The van der Waals surface area contributed by atoms with Gasteiger partial charge >= 0.3 is 0 Å². The van der Waals surface area contributed by atoms with E-state index in [1.54, 1.807) is 0 Å². The first-order valence-corrected chi connectivity index (χ1v) is 6.42. The maximum Gasteiger partial charge on any atom is 0.103 e. The lowest BCUT2D eigenvalue weighted by Crippen LogP contribution is -2.06. The van der Waals surface area contributed by atoms with E-state index in [1.807, 2.05) is 19.9 Å². The largest absolute Gasteiger partial charge is 0.396 e. The Morgan fingerprint density at radius 1 is 1.28 bits per heavy atom. The number of nitriles is 1. The Morgan fingerprint density at radius 3 is 2.67 bits per heavy atom. The van der Waals surface area contributed by atoms with E-state index in [0.29, 0.717) is 5.56 Å². The predicted molar refractivity (Wildman–Crippen MR) is 72.5 cm³/mol. The molecule has 0 spiro atoms. The van der Waals surface area contributed by atoms with Crippen molar-refractivity contribution in [3.8, 4) is 6.07 Å². The quantitative estimate of drug-likeness (QED) is 0.726. The Kier molecular flexibility index (Phi) is 6.16. The minimum Gasteiger partial charge on any atom is -0.396 e. The highest BCUT2D eigenvalue weighted by Crippen LogP contribution is 2.18. The number of pyridine rings is 1. The van der Waals surface area contributed by atoms with Crippen LogP contribution in [-0.2, 0) is 0 Å². The normalized spacial score (nSPS) is 10.1. The number of aryl methyl sites for hydroxylation is 2. The molecule has 1 aromatic heterocycles. The lowest BCUT2D eigenvalue weighted by atomic mass is 10.1. The Morgan fingerprint density at radius 2 is 2.00 bits per heavy atom. The van der Waals surface area contributed by atoms with Crippen LogP contribution in [0, 0.1) is 25.2 Å². The zero-order valence-corrected chi connectivity index (χ0v) is 11.2. The van der Waals surface area contributed by atoms with E-state index in [1.165, 1.54) is 0 Å². The number of hydrogen-bond donors (Lipinski definition) is 2. The molecule has 0 aliphatic carbocycles. The van der Waals surface area contributed by atoms with Gasteiger partial charge in [-0.15, -0.1) is 0 Å². The molecule has 0 saturated carbocycles. The van der Waals surface area contributed by atoms with Crippen LogP contribution in [0.3, 0.4) is 0 Å². The minimum absolute atomic E-state index is 0.273. The molecular weight excluding hydrogens is 226 g/mol. The molecule has 2 N–H and O–H groups in total. The van der Waals surface area contributed by atoms with Gasteiger partial charge < -0.3 is 10.4 Å². The van der Waals surface area contributed by atoms with Gasteiger partial charge in [-0.3, -0.25) is 4.98 Å². The fraction of sp³-hybridized carbons (Fsp3) is 0.571. The molecule has 98 valence electrons. The first-order valence-electron chi connectivity index (χ1n) is 6.42. The highest BCUT2D eigenvalue weighted by molar-refractivity contribution is 5.59. The van der Waals surface area contributed by atoms with Crippen molar-refractivity contribution in [2.75, 3.05) is 18.5 Å². The first-order chi connectivity index (χ1) is 8.69. The molecule has 4 heteroatoms. The van der Waals surface area contributed by atoms with Crippen LogP contribution in [0.2, 0.25) is 0 Å². The summed E-state index contributed by atoms with van der Waals surface area (Å²) in [5, 5.41) is 21.1. The summed E-state index contributed by atoms with van der Waals surface area (Å²) >= 11 is 0. The summed E-state index contributed by atoms with van der Waals surface area (Å²) in [6.45, 7) is 4.91. The number of unbranched alkanes of at least 4 members (excludes halogenated alkanes) is 3. The van der Waals surface area contributed by atoms with Crippen LogP contribution < -0.4 is 5.32 Å². The number of aliphatic hydroxyl groups is 1. The first kappa shape index (κ1) is 14.5. The molecule has 1 rings (SSSR count). The summed E-state index contributed by atoms with van der Waals surface area (Å²) in [4.78, 5) is 4.28. The van der Waals surface area contributed by atoms with Crippen LogP contribution >= 0.6 is 0 Å². The summed E-state index contributed by atoms with van der Waals surface area (Å²) in [5.41, 5.74) is 3.22. The van der Waals surface area contributed by atoms with Crippen molar-refractivity contribution in [3.63, 3.8) is 0 Å². The van der Waals surface area contributed by atoms with Crippen molar-refractivity contribution in [1.82, 2.24) is 4.98 Å². The molecule has 4 nitrogen and oxygen atoms in total. The SMILES string of the molecule is Cc1cc(NCCCCCCO)c(C#N)c(C)n1. The molecule has 0 aromatic carbocycles. The van der Waals surface area contributed by atoms with Crippen LogP contribution in [0.25, 0.3) is 0 Å². The van der Waals surface area contributed by atoms with E-state index in [4.69, 9.17) is 10.4 Å². The van der Waals surface area contributed by atoms with Gasteiger partial charge in [0.1, 0.15) is 6.07 Å². The fourth-order valence-electron chi connectivity index (χ4n) is 1.92. The second-order valence-electron chi connectivity index (χ2n) is 4.45. The summed E-state index contributed by atoms with van der Waals surface area (Å²) < 4.78 is 0. The van der Waals surface area contributed by atoms with Gasteiger partial charge in [-0.05, 0) is 32.8 Å². The minimum atomic E-state index is 0.273. The van der Waals surface area contributed by atoms with E-state index in [9.17, 15) is 0 Å². The summed E-state index contributed by atoms with van der Waals surface area (Å²) in [6.07, 6.45) is 4.07. The molecule has 0 fully saturated rings. The van der Waals surface area contributed by atoms with E-state index in [0.717, 1.165) is 49.3 Å². The summed E-state index contributed by atoms with van der Waals surface area (Å²) in [7, 11) is 0. The molecule has 0 saturated heterocycles. The van der Waals surface area contributed by atoms with Gasteiger partial charge in [-0.25, -0.2) is 0 Å². The Bertz CT molecular complexity index is 424. The maximum atomic E-state index is 9.11. The second kappa shape index (κ2) is 7.67. The number of anilines is 1. The van der Waals surface area contributed by atoms with Gasteiger partial charge in [0.05, 0.1) is 16.9 Å². The second-order valence-corrected chi connectivity index (χ2v) is 4.45. The van der Waals surface area contributed by atoms with E-state index in [-0.39, 0.29) is 6.61 Å². The van der Waals surface area contributed by atoms with Gasteiger partial charge in [-0.1, -0.05) is 12.8 Å². The van der Waals surface area contributed by atoms with Crippen molar-refractivity contribution in [2.24, 2.45) is 0 Å². The Balaban J connectivity index is 2.49. The third kappa shape index (κ3) is 4.34. The number of rotatable bonds is 7. The highest BCUT2D eigenvalue weighted by Gasteiger charge is 2.07. The zero-order valence-electron chi connectivity index (χ0n) is 11.2. The number of hydrogen-bond acceptors (Lipinski definition) is 4. The zero-order chi connectivity index (χ0) is 13.4. The Hall–Kier alpha value is -1.60. The summed E-state index contributed by atoms with van der Waals surface area (Å²) in [5.74, 6) is 0. The molecule has 18 heavy (non-hydrogen) atoms. The van der Waals surface area contributed by atoms with Crippen molar-refractivity contribution in [2.45, 2.75) is 39.5 Å². The molecule has 0 amide bonds. The van der Waals surface area contributed by atoms with Crippen molar-refractivity contribution in [1.29, 1.82) is 5.26 Å². The van der Waals surface area contributed by atoms with E-state index >= 15 is 0 Å². The fourth-order valence-corrected chi connectivity index (χ4v) is 1.92. The average molecular weight is 247 g/mol. The molecule has 0 aliphatic heterocycles. The lowest BCUT2D eigenvalue weighted by molar-refractivity contribution is 0.283. The molecule has 0 radical (unpaired) electrons. The van der Waals surface area contributed by atoms with Crippen molar-refractivity contribution >= 4 is 5.69 Å². The van der Waals surface area contributed by atoms with E-state index < -0.39 is 0 Å². The topological polar surface area (TPSA) is 68.9 Å². The predicted octanol–water partition coefficient (Wildman–Crippen LogP) is 2.53. The molecular formula is C14H21N3O. The van der Waals surface area contributed by atoms with E-state index in [2.05, 4.69) is 16.4 Å². The van der Waals surface area contributed by atoms with Gasteiger partial charge in [-0.2, -0.15) is 5.26 Å². The Labute approximate surface area is 109 Å². The standard InChI is InChI=1S/C14H21N3O/c1-11-9-14(13(10-15)12(2)17-11)16-7-5-3-4-6-8-18/h9,18H,3-8H2,1-2H3,(H,16,17). The highest BCUT2D eigenvalue weighted by atomic mass is 16.2. The monoisotopic (exact) mass is 247 g/mol. The lowest BCUT2D eigenvalue weighted by Gasteiger charge is -2.10. The van der Waals surface area contributed by atoms with Crippen molar-refractivity contribution < 1.29 is 5.11 Å². The van der Waals surface area contributed by atoms with Crippen molar-refractivity contribution in [3.05, 3.63) is 23.0 Å². The maximum absolute atomic E-state index is 9.11. The molecule has 1 aromatic rings.